The largest absolute Gasteiger partial charge is 0.384 e. The van der Waals surface area contributed by atoms with Gasteiger partial charge in [-0.3, -0.25) is 4.57 Å². The van der Waals surface area contributed by atoms with Gasteiger partial charge in [0.1, 0.15) is 41.6 Å². The number of rotatable bonds is 4. The molecule has 140 valence electrons. The number of nitrogens with two attached hydrogens (primary N) is 1. The number of fused-ring (bicyclic) bond motifs is 2. The lowest BCUT2D eigenvalue weighted by atomic mass is 10.1. The molecule has 1 saturated heterocycles. The van der Waals surface area contributed by atoms with Crippen LogP contribution in [0.2, 0.25) is 0 Å². The Kier molecular flexibility index (Phi) is 3.42. The number of hydrogen-bond acceptors (Lipinski definition) is 8. The molecule has 3 aromatic rings. The van der Waals surface area contributed by atoms with Gasteiger partial charge in [0, 0.05) is 12.0 Å². The summed E-state index contributed by atoms with van der Waals surface area (Å²) in [7, 11) is -4.16. The Labute approximate surface area is 153 Å². The van der Waals surface area contributed by atoms with E-state index >= 15 is 0 Å². The topological polar surface area (TPSA) is 142 Å². The summed E-state index contributed by atoms with van der Waals surface area (Å²) in [5.41, 5.74) is 1.37. The molecule has 0 spiro atoms. The Bertz CT molecular complexity index is 1130. The summed E-state index contributed by atoms with van der Waals surface area (Å²) in [6, 6.07) is 9.60. The predicted octanol–water partition coefficient (Wildman–Crippen LogP) is 0.114. The maximum absolute atomic E-state index is 11.1. The van der Waals surface area contributed by atoms with Crippen molar-refractivity contribution >= 4 is 21.5 Å². The number of aliphatic hydroxyl groups is 1. The van der Waals surface area contributed by atoms with Crippen LogP contribution in [0.4, 0.5) is 0 Å². The standard InChI is InChI=1S/C16H15N5O5S/c17-27(23,24)26-14-13-16(14,22)6-10(25-13)21-8-20-12-11(18-7-19-15(12)21)9-4-2-1-3-5-9/h1-5,7-8,10,13-14,22H,6H2,(H2,17,23,24)/t10-,13-,14?,16+/m1/s1. The molecule has 2 aromatic heterocycles. The first-order valence-electron chi connectivity index (χ1n) is 8.19. The smallest absolute Gasteiger partial charge is 0.333 e. The van der Waals surface area contributed by atoms with E-state index in [4.69, 9.17) is 9.88 Å². The van der Waals surface area contributed by atoms with E-state index in [1.807, 2.05) is 30.3 Å². The second-order valence-corrected chi connectivity index (χ2v) is 7.81. The van der Waals surface area contributed by atoms with E-state index in [1.54, 1.807) is 10.9 Å². The first-order chi connectivity index (χ1) is 12.9. The average molecular weight is 389 g/mol. The Morgan fingerprint density at radius 2 is 2.04 bits per heavy atom. The third-order valence-electron chi connectivity index (χ3n) is 4.91. The molecule has 2 aliphatic rings. The zero-order chi connectivity index (χ0) is 18.8. The number of benzene rings is 1. The maximum Gasteiger partial charge on any atom is 0.333 e. The molecule has 5 rings (SSSR count). The fourth-order valence-electron chi connectivity index (χ4n) is 3.59. The van der Waals surface area contributed by atoms with Crippen LogP contribution in [-0.2, 0) is 19.2 Å². The van der Waals surface area contributed by atoms with Crippen LogP contribution < -0.4 is 5.14 Å². The Morgan fingerprint density at radius 1 is 1.26 bits per heavy atom. The van der Waals surface area contributed by atoms with E-state index in [0.717, 1.165) is 5.56 Å². The predicted molar refractivity (Wildman–Crippen MR) is 92.2 cm³/mol. The molecule has 0 amide bonds. The third-order valence-corrected chi connectivity index (χ3v) is 5.39. The maximum atomic E-state index is 11.1. The molecule has 0 bridgehead atoms. The molecule has 1 saturated carbocycles. The van der Waals surface area contributed by atoms with Gasteiger partial charge in [0.05, 0.1) is 6.33 Å². The van der Waals surface area contributed by atoms with Gasteiger partial charge < -0.3 is 9.84 Å². The molecule has 3 heterocycles. The second kappa shape index (κ2) is 5.53. The second-order valence-electron chi connectivity index (χ2n) is 6.63. The SMILES string of the molecule is NS(=O)(=O)OC1[C@H]2O[C@@H](n3cnc4c(-c5ccccc5)ncnc43)C[C@@]12O. The van der Waals surface area contributed by atoms with Crippen LogP contribution in [0.25, 0.3) is 22.4 Å². The van der Waals surface area contributed by atoms with Crippen molar-refractivity contribution in [2.24, 2.45) is 5.14 Å². The minimum absolute atomic E-state index is 0.133. The molecule has 11 heteroatoms. The van der Waals surface area contributed by atoms with Gasteiger partial charge in [-0.1, -0.05) is 30.3 Å². The molecule has 0 radical (unpaired) electrons. The number of imidazole rings is 1. The van der Waals surface area contributed by atoms with Crippen molar-refractivity contribution in [2.45, 2.75) is 30.5 Å². The summed E-state index contributed by atoms with van der Waals surface area (Å²) >= 11 is 0. The van der Waals surface area contributed by atoms with Crippen LogP contribution in [0.1, 0.15) is 12.6 Å². The molecule has 3 N–H and O–H groups in total. The zero-order valence-electron chi connectivity index (χ0n) is 13.8. The summed E-state index contributed by atoms with van der Waals surface area (Å²) in [4.78, 5) is 13.0. The normalized spacial score (nSPS) is 29.8. The lowest BCUT2D eigenvalue weighted by Crippen LogP contribution is -2.26. The van der Waals surface area contributed by atoms with Crippen LogP contribution in [0.3, 0.4) is 0 Å². The molecule has 1 aliphatic carbocycles. The summed E-state index contributed by atoms with van der Waals surface area (Å²) in [5.74, 6) is 0. The van der Waals surface area contributed by atoms with Crippen molar-refractivity contribution in [1.29, 1.82) is 0 Å². The van der Waals surface area contributed by atoms with Crippen LogP contribution >= 0.6 is 0 Å². The summed E-state index contributed by atoms with van der Waals surface area (Å²) in [6.45, 7) is 0. The van der Waals surface area contributed by atoms with Crippen molar-refractivity contribution in [1.82, 2.24) is 19.5 Å². The van der Waals surface area contributed by atoms with E-state index < -0.39 is 34.3 Å². The van der Waals surface area contributed by atoms with Gasteiger partial charge in [0.2, 0.25) is 0 Å². The molecule has 1 aliphatic heterocycles. The van der Waals surface area contributed by atoms with E-state index in [9.17, 15) is 13.5 Å². The van der Waals surface area contributed by atoms with Crippen molar-refractivity contribution in [3.05, 3.63) is 43.0 Å². The minimum atomic E-state index is -4.16. The van der Waals surface area contributed by atoms with Gasteiger partial charge >= 0.3 is 10.3 Å². The Hall–Kier alpha value is -2.44. The van der Waals surface area contributed by atoms with Gasteiger partial charge in [-0.05, 0) is 0 Å². The molecular formula is C16H15N5O5S. The number of aromatic nitrogens is 4. The molecule has 1 aromatic carbocycles. The molecule has 27 heavy (non-hydrogen) atoms. The van der Waals surface area contributed by atoms with E-state index in [-0.39, 0.29) is 6.42 Å². The highest BCUT2D eigenvalue weighted by atomic mass is 32.2. The monoisotopic (exact) mass is 389 g/mol. The van der Waals surface area contributed by atoms with Crippen LogP contribution in [-0.4, -0.2) is 50.9 Å². The molecule has 4 atom stereocenters. The highest BCUT2D eigenvalue weighted by molar-refractivity contribution is 7.84. The fourth-order valence-corrected chi connectivity index (χ4v) is 4.15. The minimum Gasteiger partial charge on any atom is -0.384 e. The number of hydrogen-bond donors (Lipinski definition) is 2. The number of nitrogens with zero attached hydrogens (tertiary/aromatic N) is 4. The van der Waals surface area contributed by atoms with Gasteiger partial charge in [-0.15, -0.1) is 0 Å². The molecule has 1 unspecified atom stereocenters. The van der Waals surface area contributed by atoms with E-state index in [1.165, 1.54) is 6.33 Å². The van der Waals surface area contributed by atoms with Crippen LogP contribution in [0, 0.1) is 0 Å². The van der Waals surface area contributed by atoms with Crippen molar-refractivity contribution < 1.29 is 22.4 Å². The first-order valence-corrected chi connectivity index (χ1v) is 9.66. The van der Waals surface area contributed by atoms with Crippen molar-refractivity contribution in [3.63, 3.8) is 0 Å². The van der Waals surface area contributed by atoms with Gasteiger partial charge in [0.25, 0.3) is 0 Å². The lowest BCUT2D eigenvalue weighted by molar-refractivity contribution is -0.00434. The van der Waals surface area contributed by atoms with Crippen molar-refractivity contribution in [3.8, 4) is 11.3 Å². The van der Waals surface area contributed by atoms with Gasteiger partial charge in [0.15, 0.2) is 5.65 Å². The summed E-state index contributed by atoms with van der Waals surface area (Å²) in [5, 5.41) is 15.4. The molecular weight excluding hydrogens is 374 g/mol. The zero-order valence-corrected chi connectivity index (χ0v) is 14.7. The number of ether oxygens (including phenoxy) is 1. The van der Waals surface area contributed by atoms with E-state index in [2.05, 4.69) is 19.1 Å². The highest BCUT2D eigenvalue weighted by Crippen LogP contribution is 2.55. The van der Waals surface area contributed by atoms with Crippen molar-refractivity contribution in [2.75, 3.05) is 0 Å². The third kappa shape index (κ3) is 2.63. The van der Waals surface area contributed by atoms with Gasteiger partial charge in [-0.25, -0.2) is 24.3 Å². The van der Waals surface area contributed by atoms with Crippen LogP contribution in [0.5, 0.6) is 0 Å². The summed E-state index contributed by atoms with van der Waals surface area (Å²) in [6.07, 6.45) is 0.833. The van der Waals surface area contributed by atoms with E-state index in [0.29, 0.717) is 16.9 Å². The Morgan fingerprint density at radius 3 is 2.70 bits per heavy atom. The molecule has 2 fully saturated rings. The summed E-state index contributed by atoms with van der Waals surface area (Å²) < 4.78 is 34.3. The lowest BCUT2D eigenvalue weighted by Gasteiger charge is -2.17. The molecule has 10 nitrogen and oxygen atoms in total. The first kappa shape index (κ1) is 16.7. The fraction of sp³-hybridized carbons (Fsp3) is 0.312. The van der Waals surface area contributed by atoms with Gasteiger partial charge in [-0.2, -0.15) is 8.42 Å². The Balaban J connectivity index is 1.45. The highest BCUT2D eigenvalue weighted by Gasteiger charge is 2.74. The average Bonchev–Trinajstić information content (AvgIpc) is 3.00. The van der Waals surface area contributed by atoms with Crippen LogP contribution in [0.15, 0.2) is 43.0 Å². The quantitative estimate of drug-likeness (QED) is 0.640.